The number of nitrogens with zero attached hydrogens (tertiary/aromatic N) is 3. The van der Waals surface area contributed by atoms with Crippen molar-refractivity contribution in [1.82, 2.24) is 14.9 Å². The zero-order valence-corrected chi connectivity index (χ0v) is 14.0. The number of hydrogen-bond donors (Lipinski definition) is 1. The first-order chi connectivity index (χ1) is 11.6. The Balaban J connectivity index is 1.50. The van der Waals surface area contributed by atoms with Crippen molar-refractivity contribution in [3.8, 4) is 6.01 Å². The van der Waals surface area contributed by atoms with Gasteiger partial charge in [-0.2, -0.15) is 0 Å². The number of benzene rings is 1. The predicted molar refractivity (Wildman–Crippen MR) is 92.2 cm³/mol. The fraction of sp³-hybridized carbons (Fsp3) is 0.389. The smallest absolute Gasteiger partial charge is 0.321 e. The first kappa shape index (κ1) is 16.2. The number of carbonyl (C=O) groups excluding carboxylic acids is 1. The van der Waals surface area contributed by atoms with Crippen molar-refractivity contribution < 1.29 is 9.53 Å². The molecule has 0 radical (unpaired) electrons. The van der Waals surface area contributed by atoms with Crippen LogP contribution in [0.4, 0.5) is 10.5 Å². The number of ether oxygens (including phenoxy) is 1. The predicted octanol–water partition coefficient (Wildman–Crippen LogP) is 3.17. The first-order valence-electron chi connectivity index (χ1n) is 8.18. The van der Waals surface area contributed by atoms with Crippen LogP contribution in [0.15, 0.2) is 36.7 Å². The highest BCUT2D eigenvalue weighted by atomic mass is 16.5. The molecule has 1 aromatic carbocycles. The van der Waals surface area contributed by atoms with Crippen molar-refractivity contribution in [1.29, 1.82) is 0 Å². The first-order valence-corrected chi connectivity index (χ1v) is 8.18. The zero-order chi connectivity index (χ0) is 16.9. The fourth-order valence-corrected chi connectivity index (χ4v) is 2.69. The normalized spacial score (nSPS) is 15.2. The number of carbonyl (C=O) groups is 1. The number of aromatic nitrogens is 2. The largest absolute Gasteiger partial charge is 0.460 e. The fourth-order valence-electron chi connectivity index (χ4n) is 2.69. The van der Waals surface area contributed by atoms with Gasteiger partial charge in [0, 0.05) is 44.0 Å². The molecular weight excluding hydrogens is 304 g/mol. The second kappa shape index (κ2) is 7.29. The molecule has 6 nitrogen and oxygen atoms in total. The maximum absolute atomic E-state index is 12.4. The molecule has 1 N–H and O–H groups in total. The number of anilines is 1. The topological polar surface area (TPSA) is 67.4 Å². The molecule has 0 atom stereocenters. The number of nitrogens with one attached hydrogen (secondary N) is 1. The van der Waals surface area contributed by atoms with Gasteiger partial charge in [0.25, 0.3) is 0 Å². The lowest BCUT2D eigenvalue weighted by molar-refractivity contribution is 0.107. The van der Waals surface area contributed by atoms with Gasteiger partial charge in [0.1, 0.15) is 6.10 Å². The van der Waals surface area contributed by atoms with Gasteiger partial charge in [0.05, 0.1) is 0 Å². The molecule has 1 fully saturated rings. The van der Waals surface area contributed by atoms with Crippen molar-refractivity contribution in [2.75, 3.05) is 18.4 Å². The number of piperidine rings is 1. The van der Waals surface area contributed by atoms with Crippen LogP contribution in [0.25, 0.3) is 0 Å². The third-order valence-corrected chi connectivity index (χ3v) is 4.30. The summed E-state index contributed by atoms with van der Waals surface area (Å²) in [6.07, 6.45) is 4.93. The monoisotopic (exact) mass is 326 g/mol. The second-order valence-corrected chi connectivity index (χ2v) is 6.06. The van der Waals surface area contributed by atoms with E-state index in [9.17, 15) is 4.79 Å². The molecule has 0 saturated carbocycles. The van der Waals surface area contributed by atoms with Gasteiger partial charge in [-0.1, -0.05) is 6.07 Å². The quantitative estimate of drug-likeness (QED) is 0.941. The van der Waals surface area contributed by atoms with E-state index in [-0.39, 0.29) is 12.1 Å². The van der Waals surface area contributed by atoms with E-state index in [0.717, 1.165) is 18.5 Å². The standard InChI is InChI=1S/C18H22N4O2/c1-13-4-5-15(12-14(13)2)21-18(23)22-10-6-16(7-11-22)24-17-19-8-3-9-20-17/h3-5,8-9,12,16H,6-7,10-11H2,1-2H3,(H,21,23). The van der Waals surface area contributed by atoms with Crippen LogP contribution in [0, 0.1) is 13.8 Å². The molecule has 1 saturated heterocycles. The minimum atomic E-state index is -0.0623. The number of amides is 2. The van der Waals surface area contributed by atoms with Crippen LogP contribution in [0.3, 0.4) is 0 Å². The molecule has 1 aromatic heterocycles. The Labute approximate surface area is 141 Å². The highest BCUT2D eigenvalue weighted by molar-refractivity contribution is 5.89. The molecule has 1 aliphatic rings. The molecule has 2 amide bonds. The lowest BCUT2D eigenvalue weighted by atomic mass is 10.1. The van der Waals surface area contributed by atoms with Crippen LogP contribution in [0.1, 0.15) is 24.0 Å². The van der Waals surface area contributed by atoms with Gasteiger partial charge in [0.2, 0.25) is 0 Å². The summed E-state index contributed by atoms with van der Waals surface area (Å²) in [5.41, 5.74) is 3.22. The molecule has 6 heteroatoms. The average Bonchev–Trinajstić information content (AvgIpc) is 2.60. The molecule has 3 rings (SSSR count). The van der Waals surface area contributed by atoms with E-state index >= 15 is 0 Å². The molecule has 0 bridgehead atoms. The molecule has 1 aliphatic heterocycles. The van der Waals surface area contributed by atoms with Gasteiger partial charge >= 0.3 is 12.0 Å². The summed E-state index contributed by atoms with van der Waals surface area (Å²) in [5.74, 6) is 0. The van der Waals surface area contributed by atoms with Gasteiger partial charge < -0.3 is 15.0 Å². The lowest BCUT2D eigenvalue weighted by Crippen LogP contribution is -2.43. The van der Waals surface area contributed by atoms with Crippen LogP contribution in [-0.4, -0.2) is 40.1 Å². The molecule has 0 unspecified atom stereocenters. The highest BCUT2D eigenvalue weighted by Gasteiger charge is 2.24. The zero-order valence-electron chi connectivity index (χ0n) is 14.0. The van der Waals surface area contributed by atoms with Crippen molar-refractivity contribution in [2.24, 2.45) is 0 Å². The van der Waals surface area contributed by atoms with Gasteiger partial charge in [-0.05, 0) is 43.2 Å². The van der Waals surface area contributed by atoms with Gasteiger partial charge in [-0.3, -0.25) is 0 Å². The van der Waals surface area contributed by atoms with E-state index in [0.29, 0.717) is 19.1 Å². The molecule has 0 aliphatic carbocycles. The van der Waals surface area contributed by atoms with Crippen molar-refractivity contribution in [3.05, 3.63) is 47.8 Å². The SMILES string of the molecule is Cc1ccc(NC(=O)N2CCC(Oc3ncccn3)CC2)cc1C. The Morgan fingerprint density at radius 3 is 2.54 bits per heavy atom. The van der Waals surface area contributed by atoms with Crippen LogP contribution >= 0.6 is 0 Å². The highest BCUT2D eigenvalue weighted by Crippen LogP contribution is 2.18. The average molecular weight is 326 g/mol. The minimum absolute atomic E-state index is 0.0538. The van der Waals surface area contributed by atoms with E-state index in [1.165, 1.54) is 11.1 Å². The van der Waals surface area contributed by atoms with E-state index in [1.807, 2.05) is 30.0 Å². The van der Waals surface area contributed by atoms with Crippen molar-refractivity contribution >= 4 is 11.7 Å². The lowest BCUT2D eigenvalue weighted by Gasteiger charge is -2.31. The van der Waals surface area contributed by atoms with E-state index < -0.39 is 0 Å². The van der Waals surface area contributed by atoms with Gasteiger partial charge in [-0.15, -0.1) is 0 Å². The van der Waals surface area contributed by atoms with E-state index in [1.54, 1.807) is 18.5 Å². The Hall–Kier alpha value is -2.63. The van der Waals surface area contributed by atoms with Crippen LogP contribution < -0.4 is 10.1 Å². The molecule has 0 spiro atoms. The van der Waals surface area contributed by atoms with Gasteiger partial charge in [-0.25, -0.2) is 14.8 Å². The van der Waals surface area contributed by atoms with Crippen molar-refractivity contribution in [2.45, 2.75) is 32.8 Å². The summed E-state index contributed by atoms with van der Waals surface area (Å²) in [4.78, 5) is 22.3. The summed E-state index contributed by atoms with van der Waals surface area (Å²) in [5, 5.41) is 2.97. The number of rotatable bonds is 3. The Morgan fingerprint density at radius 1 is 1.17 bits per heavy atom. The van der Waals surface area contributed by atoms with E-state index in [2.05, 4.69) is 22.2 Å². The molecular formula is C18H22N4O2. The molecule has 24 heavy (non-hydrogen) atoms. The van der Waals surface area contributed by atoms with E-state index in [4.69, 9.17) is 4.74 Å². The van der Waals surface area contributed by atoms with Crippen molar-refractivity contribution in [3.63, 3.8) is 0 Å². The summed E-state index contributed by atoms with van der Waals surface area (Å²) in [7, 11) is 0. The second-order valence-electron chi connectivity index (χ2n) is 6.06. The summed E-state index contributed by atoms with van der Waals surface area (Å²) in [6, 6.07) is 8.04. The maximum Gasteiger partial charge on any atom is 0.321 e. The minimum Gasteiger partial charge on any atom is -0.460 e. The Bertz CT molecular complexity index is 697. The number of urea groups is 1. The Morgan fingerprint density at radius 2 is 1.88 bits per heavy atom. The van der Waals surface area contributed by atoms with Crippen LogP contribution in [0.2, 0.25) is 0 Å². The van der Waals surface area contributed by atoms with Crippen LogP contribution in [-0.2, 0) is 0 Å². The molecule has 126 valence electrons. The maximum atomic E-state index is 12.4. The third-order valence-electron chi connectivity index (χ3n) is 4.30. The summed E-state index contributed by atoms with van der Waals surface area (Å²) >= 11 is 0. The van der Waals surface area contributed by atoms with Gasteiger partial charge in [0.15, 0.2) is 0 Å². The number of likely N-dealkylation sites (tertiary alicyclic amines) is 1. The number of aryl methyl sites for hydroxylation is 2. The number of hydrogen-bond acceptors (Lipinski definition) is 4. The van der Waals surface area contributed by atoms with Crippen LogP contribution in [0.5, 0.6) is 6.01 Å². The molecule has 2 heterocycles. The third kappa shape index (κ3) is 4.01. The molecule has 2 aromatic rings. The summed E-state index contributed by atoms with van der Waals surface area (Å²) < 4.78 is 5.75. The summed E-state index contributed by atoms with van der Waals surface area (Å²) in [6.45, 7) is 5.42. The Kier molecular flexibility index (Phi) is 4.93.